The van der Waals surface area contributed by atoms with Gasteiger partial charge in [0.2, 0.25) is 0 Å². The van der Waals surface area contributed by atoms with E-state index in [0.717, 1.165) is 50.4 Å². The van der Waals surface area contributed by atoms with Gasteiger partial charge in [-0.2, -0.15) is 23.1 Å². The molecule has 3 fully saturated rings. The van der Waals surface area contributed by atoms with E-state index in [-0.39, 0.29) is 24.6 Å². The zero-order chi connectivity index (χ0) is 31.4. The van der Waals surface area contributed by atoms with Crippen molar-refractivity contribution in [2.75, 3.05) is 43.4 Å². The molecule has 1 aromatic carbocycles. The van der Waals surface area contributed by atoms with Crippen LogP contribution in [0.25, 0.3) is 0 Å². The molecular formula is C32H37F4N5O3. The number of aromatic nitrogens is 2. The molecule has 12 heteroatoms. The van der Waals surface area contributed by atoms with Gasteiger partial charge in [-0.3, -0.25) is 4.90 Å². The van der Waals surface area contributed by atoms with Gasteiger partial charge < -0.3 is 25.2 Å². The molecule has 2 aromatic rings. The third-order valence-electron chi connectivity index (χ3n) is 9.23. The highest BCUT2D eigenvalue weighted by atomic mass is 19.4. The maximum absolute atomic E-state index is 15.5. The smallest absolute Gasteiger partial charge is 0.418 e. The van der Waals surface area contributed by atoms with Crippen molar-refractivity contribution < 1.29 is 32.1 Å². The number of nitrogens with zero attached hydrogens (tertiary/aromatic N) is 4. The van der Waals surface area contributed by atoms with E-state index in [0.29, 0.717) is 43.2 Å². The van der Waals surface area contributed by atoms with E-state index in [1.54, 1.807) is 6.92 Å². The Morgan fingerprint density at radius 3 is 2.75 bits per heavy atom. The summed E-state index contributed by atoms with van der Waals surface area (Å²) in [5, 5.41) is 10.8. The molecule has 4 aliphatic rings. The van der Waals surface area contributed by atoms with Crippen LogP contribution in [0.1, 0.15) is 80.0 Å². The van der Waals surface area contributed by atoms with Crippen LogP contribution in [-0.4, -0.2) is 63.9 Å². The van der Waals surface area contributed by atoms with Crippen LogP contribution >= 0.6 is 0 Å². The van der Waals surface area contributed by atoms with E-state index in [1.165, 1.54) is 6.92 Å². The van der Waals surface area contributed by atoms with Crippen LogP contribution in [-0.2, 0) is 23.9 Å². The topological polar surface area (TPSA) is 97.0 Å². The molecule has 0 spiro atoms. The maximum Gasteiger partial charge on any atom is 0.418 e. The van der Waals surface area contributed by atoms with Crippen LogP contribution in [0.4, 0.5) is 29.1 Å². The van der Waals surface area contributed by atoms with Crippen molar-refractivity contribution >= 4 is 11.5 Å². The van der Waals surface area contributed by atoms with Crippen molar-refractivity contribution in [2.45, 2.75) is 82.4 Å². The third kappa shape index (κ3) is 5.61. The first-order valence-corrected chi connectivity index (χ1v) is 15.0. The van der Waals surface area contributed by atoms with Gasteiger partial charge in [0, 0.05) is 42.7 Å². The normalized spacial score (nSPS) is 27.1. The summed E-state index contributed by atoms with van der Waals surface area (Å²) in [6, 6.07) is 0.997. The molecule has 0 amide bonds. The monoisotopic (exact) mass is 615 g/mol. The molecule has 8 nitrogen and oxygen atoms in total. The summed E-state index contributed by atoms with van der Waals surface area (Å²) in [5.41, 5.74) is 4.07. The Morgan fingerprint density at radius 2 is 2.02 bits per heavy atom. The van der Waals surface area contributed by atoms with Crippen LogP contribution in [0, 0.1) is 17.7 Å². The minimum atomic E-state index is -4.91. The van der Waals surface area contributed by atoms with Crippen LogP contribution in [0.2, 0.25) is 0 Å². The number of hydrogen-bond donors (Lipinski definition) is 2. The molecule has 1 aromatic heterocycles. The summed E-state index contributed by atoms with van der Waals surface area (Å²) in [6.45, 7) is 10.2. The average Bonchev–Trinajstić information content (AvgIpc) is 3.47. The van der Waals surface area contributed by atoms with E-state index in [9.17, 15) is 18.3 Å². The van der Waals surface area contributed by atoms with Gasteiger partial charge >= 0.3 is 12.2 Å². The number of aliphatic hydroxyl groups is 1. The molecule has 0 aliphatic carbocycles. The molecule has 236 valence electrons. The molecule has 0 saturated carbocycles. The molecule has 3 saturated heterocycles. The van der Waals surface area contributed by atoms with Gasteiger partial charge in [0.1, 0.15) is 12.4 Å². The highest BCUT2D eigenvalue weighted by Gasteiger charge is 2.47. The Morgan fingerprint density at radius 1 is 1.25 bits per heavy atom. The number of anilines is 2. The quantitative estimate of drug-likeness (QED) is 0.212. The summed E-state index contributed by atoms with van der Waals surface area (Å²) >= 11 is 0. The minimum absolute atomic E-state index is 0.0879. The van der Waals surface area contributed by atoms with E-state index in [1.807, 2.05) is 4.90 Å². The SMILES string of the molecule is C=C1CN2CCC[C@]2(COc2nc3c(c(N4CCC[C@@](C)(O)C4)n2)CO[C@@H](c2c(F)c(N)cc(C#CC)c2C(F)(F)F)C3)C1. The first kappa shape index (κ1) is 30.6. The molecule has 0 unspecified atom stereocenters. The Bertz CT molecular complexity index is 1550. The van der Waals surface area contributed by atoms with E-state index in [2.05, 4.69) is 28.3 Å². The fourth-order valence-corrected chi connectivity index (χ4v) is 7.33. The standard InChI is InChI=1S/C32H37F4N5O3/c1-4-7-20-12-22(37)27(33)25(26(20)32(34,35)36)24-13-23-21(16-43-24)28(40-10-5-8-30(3,42)17-40)39-29(38-23)44-18-31-9-6-11-41(31)15-19(2)14-31/h12,24,42H,2,5-6,8-11,13-18,37H2,1,3H3/t24-,30-,31-/m1/s1. The summed E-state index contributed by atoms with van der Waals surface area (Å²) in [7, 11) is 0. The number of alkyl halides is 3. The number of nitrogen functional groups attached to an aromatic ring is 1. The first-order valence-electron chi connectivity index (χ1n) is 15.0. The number of nitrogens with two attached hydrogens (primary N) is 1. The Labute approximate surface area is 254 Å². The fourth-order valence-electron chi connectivity index (χ4n) is 7.33. The van der Waals surface area contributed by atoms with Crippen molar-refractivity contribution in [3.05, 3.63) is 52.0 Å². The van der Waals surface area contributed by atoms with Gasteiger partial charge in [0.15, 0.2) is 5.82 Å². The second-order valence-electron chi connectivity index (χ2n) is 12.7. The van der Waals surface area contributed by atoms with Crippen LogP contribution in [0.15, 0.2) is 18.2 Å². The lowest BCUT2D eigenvalue weighted by molar-refractivity contribution is -0.140. The minimum Gasteiger partial charge on any atom is -0.461 e. The molecule has 5 heterocycles. The third-order valence-corrected chi connectivity index (χ3v) is 9.23. The predicted octanol–water partition coefficient (Wildman–Crippen LogP) is 4.93. The molecule has 0 radical (unpaired) electrons. The number of benzene rings is 1. The van der Waals surface area contributed by atoms with Gasteiger partial charge in [-0.1, -0.05) is 18.1 Å². The number of hydrogen-bond acceptors (Lipinski definition) is 8. The Balaban J connectivity index is 1.40. The van der Waals surface area contributed by atoms with Crippen LogP contribution < -0.4 is 15.4 Å². The molecule has 4 aliphatic heterocycles. The van der Waals surface area contributed by atoms with Crippen molar-refractivity contribution in [3.8, 4) is 17.9 Å². The number of β-amino-alcohol motifs (C(OH)–C–C–N with tert-alkyl or cyclic N) is 1. The number of fused-ring (bicyclic) bond motifs is 2. The van der Waals surface area contributed by atoms with Gasteiger partial charge in [0.25, 0.3) is 0 Å². The van der Waals surface area contributed by atoms with Gasteiger partial charge in [-0.05, 0) is 58.6 Å². The number of piperidine rings is 1. The van der Waals surface area contributed by atoms with Crippen LogP contribution in [0.3, 0.4) is 0 Å². The van der Waals surface area contributed by atoms with Crippen molar-refractivity contribution in [1.29, 1.82) is 0 Å². The van der Waals surface area contributed by atoms with E-state index < -0.39 is 46.1 Å². The molecular weight excluding hydrogens is 578 g/mol. The largest absolute Gasteiger partial charge is 0.461 e. The summed E-state index contributed by atoms with van der Waals surface area (Å²) in [5.74, 6) is 4.20. The second kappa shape index (κ2) is 11.2. The van der Waals surface area contributed by atoms with E-state index in [4.69, 9.17) is 20.2 Å². The van der Waals surface area contributed by atoms with Gasteiger partial charge in [-0.15, -0.1) is 5.92 Å². The zero-order valence-electron chi connectivity index (χ0n) is 25.0. The Kier molecular flexibility index (Phi) is 7.79. The van der Waals surface area contributed by atoms with Crippen molar-refractivity contribution in [3.63, 3.8) is 0 Å². The number of rotatable bonds is 5. The predicted molar refractivity (Wildman–Crippen MR) is 156 cm³/mol. The lowest BCUT2D eigenvalue weighted by Gasteiger charge is -2.39. The summed E-state index contributed by atoms with van der Waals surface area (Å²) in [4.78, 5) is 13.7. The molecule has 44 heavy (non-hydrogen) atoms. The highest BCUT2D eigenvalue weighted by Crippen LogP contribution is 2.45. The Hall–Kier alpha value is -3.40. The number of ether oxygens (including phenoxy) is 2. The maximum atomic E-state index is 15.5. The van der Waals surface area contributed by atoms with Gasteiger partial charge in [-0.25, -0.2) is 4.39 Å². The summed E-state index contributed by atoms with van der Waals surface area (Å²) < 4.78 is 70.9. The first-order chi connectivity index (χ1) is 20.8. The number of halogens is 4. The molecule has 6 rings (SSSR count). The van der Waals surface area contributed by atoms with Crippen molar-refractivity contribution in [1.82, 2.24) is 14.9 Å². The lowest BCUT2D eigenvalue weighted by Crippen LogP contribution is -2.47. The summed E-state index contributed by atoms with van der Waals surface area (Å²) in [6.07, 6.45) is -2.25. The average molecular weight is 616 g/mol. The van der Waals surface area contributed by atoms with Crippen molar-refractivity contribution in [2.24, 2.45) is 0 Å². The zero-order valence-corrected chi connectivity index (χ0v) is 25.0. The van der Waals surface area contributed by atoms with Crippen LogP contribution in [0.5, 0.6) is 6.01 Å². The van der Waals surface area contributed by atoms with Gasteiger partial charge in [0.05, 0.1) is 40.8 Å². The highest BCUT2D eigenvalue weighted by molar-refractivity contribution is 5.59. The fraction of sp³-hybridized carbons (Fsp3) is 0.562. The molecule has 0 bridgehead atoms. The van der Waals surface area contributed by atoms with E-state index >= 15 is 4.39 Å². The lowest BCUT2D eigenvalue weighted by atomic mass is 9.90. The molecule has 3 atom stereocenters. The second-order valence-corrected chi connectivity index (χ2v) is 12.7. The molecule has 3 N–H and O–H groups in total.